The molecule has 0 aliphatic carbocycles. The van der Waals surface area contributed by atoms with E-state index >= 15 is 0 Å². The van der Waals surface area contributed by atoms with Gasteiger partial charge in [-0.3, -0.25) is 0 Å². The molecule has 3 unspecified atom stereocenters. The van der Waals surface area contributed by atoms with Crippen molar-refractivity contribution in [1.29, 1.82) is 0 Å². The van der Waals surface area contributed by atoms with Gasteiger partial charge in [0, 0.05) is 36.4 Å². The van der Waals surface area contributed by atoms with E-state index in [2.05, 4.69) is 10.2 Å². The highest BCUT2D eigenvalue weighted by atomic mass is 35.5. The van der Waals surface area contributed by atoms with Gasteiger partial charge in [0.2, 0.25) is 0 Å². The van der Waals surface area contributed by atoms with Crippen LogP contribution < -0.4 is 10.2 Å². The SMILES string of the molecule is Cc1cc(Cl)c(F)cc1N1CCC2NC(c3c(F)cccc3F)CC2C1. The van der Waals surface area contributed by atoms with Crippen molar-refractivity contribution in [3.05, 3.63) is 63.9 Å². The molecule has 0 amide bonds. The normalized spacial score (nSPS) is 25.4. The molecule has 138 valence electrons. The van der Waals surface area contributed by atoms with Crippen LogP contribution in [0.2, 0.25) is 5.02 Å². The van der Waals surface area contributed by atoms with Crippen molar-refractivity contribution in [1.82, 2.24) is 5.32 Å². The Morgan fingerprint density at radius 1 is 1.12 bits per heavy atom. The van der Waals surface area contributed by atoms with Gasteiger partial charge in [-0.1, -0.05) is 17.7 Å². The summed E-state index contributed by atoms with van der Waals surface area (Å²) in [7, 11) is 0. The molecule has 2 fully saturated rings. The first-order valence-corrected chi connectivity index (χ1v) is 9.22. The summed E-state index contributed by atoms with van der Waals surface area (Å²) < 4.78 is 42.1. The first-order valence-electron chi connectivity index (χ1n) is 8.84. The lowest BCUT2D eigenvalue weighted by Crippen LogP contribution is -2.44. The molecule has 2 aromatic rings. The smallest absolute Gasteiger partial charge is 0.143 e. The zero-order chi connectivity index (χ0) is 18.4. The number of aryl methyl sites for hydroxylation is 1. The van der Waals surface area contributed by atoms with E-state index in [1.165, 1.54) is 24.3 Å². The van der Waals surface area contributed by atoms with Gasteiger partial charge >= 0.3 is 0 Å². The average Bonchev–Trinajstić information content (AvgIpc) is 3.00. The molecule has 3 atom stereocenters. The minimum atomic E-state index is -0.506. The van der Waals surface area contributed by atoms with Crippen LogP contribution in [0.4, 0.5) is 18.9 Å². The number of nitrogens with one attached hydrogen (secondary N) is 1. The maximum atomic E-state index is 14.1. The van der Waals surface area contributed by atoms with Crippen molar-refractivity contribution < 1.29 is 13.2 Å². The molecule has 0 bridgehead atoms. The molecular formula is C20H20ClF3N2. The van der Waals surface area contributed by atoms with Gasteiger partial charge < -0.3 is 10.2 Å². The van der Waals surface area contributed by atoms with Crippen LogP contribution in [-0.4, -0.2) is 19.1 Å². The second-order valence-electron chi connectivity index (χ2n) is 7.24. The zero-order valence-corrected chi connectivity index (χ0v) is 15.2. The maximum Gasteiger partial charge on any atom is 0.143 e. The predicted molar refractivity (Wildman–Crippen MR) is 97.1 cm³/mol. The number of hydrogen-bond acceptors (Lipinski definition) is 2. The van der Waals surface area contributed by atoms with Crippen molar-refractivity contribution in [2.75, 3.05) is 18.0 Å². The summed E-state index contributed by atoms with van der Waals surface area (Å²) in [5, 5.41) is 3.52. The number of piperidine rings is 1. The number of halogens is 4. The Balaban J connectivity index is 1.54. The third kappa shape index (κ3) is 3.08. The molecule has 2 aliphatic rings. The van der Waals surface area contributed by atoms with Crippen LogP contribution in [0.5, 0.6) is 0 Å². The molecular weight excluding hydrogens is 361 g/mol. The maximum absolute atomic E-state index is 14.1. The van der Waals surface area contributed by atoms with Crippen LogP contribution in [0.1, 0.15) is 30.0 Å². The Labute approximate surface area is 156 Å². The van der Waals surface area contributed by atoms with E-state index in [0.29, 0.717) is 6.42 Å². The molecule has 26 heavy (non-hydrogen) atoms. The summed E-state index contributed by atoms with van der Waals surface area (Å²) in [6, 6.07) is 7.00. The molecule has 2 aliphatic heterocycles. The summed E-state index contributed by atoms with van der Waals surface area (Å²) in [4.78, 5) is 2.15. The van der Waals surface area contributed by atoms with Crippen molar-refractivity contribution in [3.63, 3.8) is 0 Å². The van der Waals surface area contributed by atoms with E-state index < -0.39 is 17.5 Å². The second kappa shape index (κ2) is 6.78. The van der Waals surface area contributed by atoms with Gasteiger partial charge in [-0.2, -0.15) is 0 Å². The zero-order valence-electron chi connectivity index (χ0n) is 14.4. The Hall–Kier alpha value is -1.72. The van der Waals surface area contributed by atoms with Crippen LogP contribution in [-0.2, 0) is 0 Å². The minimum absolute atomic E-state index is 0.124. The molecule has 0 radical (unpaired) electrons. The van der Waals surface area contributed by atoms with E-state index in [4.69, 9.17) is 11.6 Å². The number of rotatable bonds is 2. The van der Waals surface area contributed by atoms with E-state index in [1.54, 1.807) is 6.07 Å². The van der Waals surface area contributed by atoms with Crippen molar-refractivity contribution in [3.8, 4) is 0 Å². The van der Waals surface area contributed by atoms with Gasteiger partial charge in [-0.15, -0.1) is 0 Å². The lowest BCUT2D eigenvalue weighted by molar-refractivity contribution is 0.375. The minimum Gasteiger partial charge on any atom is -0.371 e. The third-order valence-electron chi connectivity index (χ3n) is 5.62. The molecule has 2 saturated heterocycles. The highest BCUT2D eigenvalue weighted by Gasteiger charge is 2.40. The number of benzene rings is 2. The van der Waals surface area contributed by atoms with Crippen LogP contribution >= 0.6 is 11.6 Å². The molecule has 6 heteroatoms. The predicted octanol–water partition coefficient (Wildman–Crippen LogP) is 5.00. The topological polar surface area (TPSA) is 15.3 Å². The fourth-order valence-corrected chi connectivity index (χ4v) is 4.58. The molecule has 0 saturated carbocycles. The molecule has 1 N–H and O–H groups in total. The Morgan fingerprint density at radius 3 is 2.58 bits per heavy atom. The second-order valence-corrected chi connectivity index (χ2v) is 7.65. The molecule has 2 heterocycles. The van der Waals surface area contributed by atoms with Crippen molar-refractivity contribution in [2.45, 2.75) is 31.8 Å². The lowest BCUT2D eigenvalue weighted by atomic mass is 9.90. The number of nitrogens with zero attached hydrogens (tertiary/aromatic N) is 1. The molecule has 2 aromatic carbocycles. The van der Waals surface area contributed by atoms with Gasteiger partial charge in [0.05, 0.1) is 5.02 Å². The summed E-state index contributed by atoms with van der Waals surface area (Å²) in [5.74, 6) is -1.18. The van der Waals surface area contributed by atoms with Gasteiger partial charge in [0.15, 0.2) is 0 Å². The largest absolute Gasteiger partial charge is 0.371 e. The first-order chi connectivity index (χ1) is 12.4. The summed E-state index contributed by atoms with van der Waals surface area (Å²) >= 11 is 5.86. The Morgan fingerprint density at radius 2 is 1.85 bits per heavy atom. The molecule has 0 spiro atoms. The van der Waals surface area contributed by atoms with Gasteiger partial charge in [-0.25, -0.2) is 13.2 Å². The summed E-state index contributed by atoms with van der Waals surface area (Å²) in [6.45, 7) is 3.41. The van der Waals surface area contributed by atoms with Crippen LogP contribution in [0.3, 0.4) is 0 Å². The van der Waals surface area contributed by atoms with Crippen molar-refractivity contribution >= 4 is 17.3 Å². The van der Waals surface area contributed by atoms with Crippen molar-refractivity contribution in [2.24, 2.45) is 5.92 Å². The van der Waals surface area contributed by atoms with E-state index in [1.807, 2.05) is 6.92 Å². The fraction of sp³-hybridized carbons (Fsp3) is 0.400. The highest BCUT2D eigenvalue weighted by Crippen LogP contribution is 2.39. The fourth-order valence-electron chi connectivity index (χ4n) is 4.36. The van der Waals surface area contributed by atoms with Gasteiger partial charge in [0.25, 0.3) is 0 Å². The standard InChI is InChI=1S/C20H20ClF3N2/c1-11-7-13(21)16(24)9-19(11)26-6-5-17-12(10-26)8-18(25-17)20-14(22)3-2-4-15(20)23/h2-4,7,9,12,17-18,25H,5-6,8,10H2,1H3. The van der Waals surface area contributed by atoms with Crippen LogP contribution in [0, 0.1) is 30.3 Å². The van der Waals surface area contributed by atoms with Gasteiger partial charge in [-0.05, 0) is 55.5 Å². The number of fused-ring (bicyclic) bond motifs is 1. The first kappa shape index (κ1) is 17.7. The average molecular weight is 381 g/mol. The van der Waals surface area contributed by atoms with Crippen LogP contribution in [0.15, 0.2) is 30.3 Å². The summed E-state index contributed by atoms with van der Waals surface area (Å²) in [6.07, 6.45) is 1.51. The molecule has 2 nitrogen and oxygen atoms in total. The van der Waals surface area contributed by atoms with Gasteiger partial charge in [0.1, 0.15) is 17.5 Å². The Kier molecular flexibility index (Phi) is 4.61. The van der Waals surface area contributed by atoms with E-state index in [0.717, 1.165) is 30.8 Å². The molecule has 4 rings (SSSR count). The third-order valence-corrected chi connectivity index (χ3v) is 5.91. The van der Waals surface area contributed by atoms with E-state index in [9.17, 15) is 13.2 Å². The van der Waals surface area contributed by atoms with E-state index in [-0.39, 0.29) is 28.6 Å². The Bertz CT molecular complexity index is 822. The number of anilines is 1. The quantitative estimate of drug-likeness (QED) is 0.789. The van der Waals surface area contributed by atoms with Crippen LogP contribution in [0.25, 0.3) is 0 Å². The summed E-state index contributed by atoms with van der Waals surface area (Å²) in [5.41, 5.74) is 1.89. The number of hydrogen-bond donors (Lipinski definition) is 1. The molecule has 0 aromatic heterocycles. The monoisotopic (exact) mass is 380 g/mol. The highest BCUT2D eigenvalue weighted by molar-refractivity contribution is 6.30. The lowest BCUT2D eigenvalue weighted by Gasteiger charge is -2.37.